The molecule has 0 N–H and O–H groups in total. The van der Waals surface area contributed by atoms with Crippen LogP contribution in [0.25, 0.3) is 16.8 Å². The van der Waals surface area contributed by atoms with Crippen LogP contribution in [0.4, 0.5) is 0 Å². The predicted octanol–water partition coefficient (Wildman–Crippen LogP) is 3.76. The molecule has 0 unspecified atom stereocenters. The molecule has 2 heterocycles. The minimum Gasteiger partial charge on any atom is -0.379 e. The summed E-state index contributed by atoms with van der Waals surface area (Å²) in [6.45, 7) is 5.20. The number of amides is 1. The Hall–Kier alpha value is -1.73. The van der Waals surface area contributed by atoms with Gasteiger partial charge in [-0.05, 0) is 34.9 Å². The summed E-state index contributed by atoms with van der Waals surface area (Å²) >= 11 is 6.85. The van der Waals surface area contributed by atoms with Crippen LogP contribution < -0.4 is 0 Å². The van der Waals surface area contributed by atoms with Crippen LogP contribution in [-0.4, -0.2) is 59.4 Å². The summed E-state index contributed by atoms with van der Waals surface area (Å²) in [6, 6.07) is 14.5. The van der Waals surface area contributed by atoms with Crippen molar-refractivity contribution in [2.45, 2.75) is 6.42 Å². The second kappa shape index (κ2) is 8.52. The molecule has 6 heteroatoms. The van der Waals surface area contributed by atoms with Crippen molar-refractivity contribution in [2.75, 3.05) is 39.4 Å². The Bertz CT molecular complexity index is 891. The normalized spacial score (nSPS) is 20.1. The SMILES string of the molecule is O=C1/C(=C\c2ccc3ccccc3c2)SC(=S)N1CCCN1CCOCC1. The van der Waals surface area contributed by atoms with Gasteiger partial charge in [0.15, 0.2) is 0 Å². The number of thiocarbonyl (C=S) groups is 1. The summed E-state index contributed by atoms with van der Waals surface area (Å²) in [7, 11) is 0. The summed E-state index contributed by atoms with van der Waals surface area (Å²) in [5, 5.41) is 2.37. The van der Waals surface area contributed by atoms with Crippen LogP contribution in [0.5, 0.6) is 0 Å². The molecule has 0 aliphatic carbocycles. The van der Waals surface area contributed by atoms with E-state index in [9.17, 15) is 4.79 Å². The molecule has 140 valence electrons. The maximum atomic E-state index is 12.8. The van der Waals surface area contributed by atoms with E-state index in [2.05, 4.69) is 29.2 Å². The van der Waals surface area contributed by atoms with E-state index in [0.29, 0.717) is 15.8 Å². The zero-order valence-electron chi connectivity index (χ0n) is 15.1. The van der Waals surface area contributed by atoms with Crippen LogP contribution >= 0.6 is 24.0 Å². The van der Waals surface area contributed by atoms with E-state index in [0.717, 1.165) is 44.8 Å². The third kappa shape index (κ3) is 4.41. The molecule has 2 fully saturated rings. The van der Waals surface area contributed by atoms with E-state index >= 15 is 0 Å². The van der Waals surface area contributed by atoms with Crippen LogP contribution in [0.15, 0.2) is 47.4 Å². The molecule has 2 aliphatic heterocycles. The van der Waals surface area contributed by atoms with Crippen molar-refractivity contribution in [1.29, 1.82) is 0 Å². The first kappa shape index (κ1) is 18.6. The zero-order chi connectivity index (χ0) is 18.6. The van der Waals surface area contributed by atoms with Crippen LogP contribution in [0, 0.1) is 0 Å². The van der Waals surface area contributed by atoms with Gasteiger partial charge in [0.1, 0.15) is 4.32 Å². The number of hydrogen-bond acceptors (Lipinski definition) is 5. The minimum absolute atomic E-state index is 0.0279. The van der Waals surface area contributed by atoms with Crippen molar-refractivity contribution in [3.63, 3.8) is 0 Å². The average Bonchev–Trinajstić information content (AvgIpc) is 2.96. The highest BCUT2D eigenvalue weighted by molar-refractivity contribution is 8.26. The van der Waals surface area contributed by atoms with E-state index in [1.54, 1.807) is 4.90 Å². The largest absolute Gasteiger partial charge is 0.379 e. The lowest BCUT2D eigenvalue weighted by molar-refractivity contribution is -0.122. The molecule has 4 rings (SSSR count). The number of nitrogens with zero attached hydrogens (tertiary/aromatic N) is 2. The third-order valence-electron chi connectivity index (χ3n) is 4.90. The fraction of sp³-hybridized carbons (Fsp3) is 0.333. The predicted molar refractivity (Wildman–Crippen MR) is 116 cm³/mol. The second-order valence-corrected chi connectivity index (χ2v) is 8.42. The van der Waals surface area contributed by atoms with Gasteiger partial charge in [0.25, 0.3) is 5.91 Å². The Labute approximate surface area is 169 Å². The van der Waals surface area contributed by atoms with Gasteiger partial charge in [0.05, 0.1) is 18.1 Å². The van der Waals surface area contributed by atoms with Crippen molar-refractivity contribution in [3.8, 4) is 0 Å². The molecule has 27 heavy (non-hydrogen) atoms. The fourth-order valence-corrected chi connectivity index (χ4v) is 4.73. The number of carbonyl (C=O) groups excluding carboxylic acids is 1. The molecule has 2 aliphatic rings. The summed E-state index contributed by atoms with van der Waals surface area (Å²) < 4.78 is 6.03. The summed E-state index contributed by atoms with van der Waals surface area (Å²) in [4.78, 5) is 17.6. The Morgan fingerprint density at radius 1 is 1.07 bits per heavy atom. The molecule has 0 atom stereocenters. The maximum absolute atomic E-state index is 12.8. The van der Waals surface area contributed by atoms with Gasteiger partial charge in [-0.25, -0.2) is 0 Å². The topological polar surface area (TPSA) is 32.8 Å². The first-order valence-electron chi connectivity index (χ1n) is 9.25. The van der Waals surface area contributed by atoms with Gasteiger partial charge in [-0.1, -0.05) is 60.4 Å². The summed E-state index contributed by atoms with van der Waals surface area (Å²) in [6.07, 6.45) is 2.88. The lowest BCUT2D eigenvalue weighted by Gasteiger charge is -2.27. The Balaban J connectivity index is 1.41. The number of carbonyl (C=O) groups is 1. The van der Waals surface area contributed by atoms with Gasteiger partial charge >= 0.3 is 0 Å². The number of hydrogen-bond donors (Lipinski definition) is 0. The quantitative estimate of drug-likeness (QED) is 0.566. The molecule has 1 amide bonds. The van der Waals surface area contributed by atoms with Gasteiger partial charge in [-0.15, -0.1) is 0 Å². The number of ether oxygens (including phenoxy) is 1. The molecule has 0 saturated carbocycles. The van der Waals surface area contributed by atoms with Crippen LogP contribution in [0.1, 0.15) is 12.0 Å². The Kier molecular flexibility index (Phi) is 5.88. The van der Waals surface area contributed by atoms with E-state index in [1.807, 2.05) is 24.3 Å². The number of thioether (sulfide) groups is 1. The van der Waals surface area contributed by atoms with Crippen molar-refractivity contribution >= 4 is 51.1 Å². The van der Waals surface area contributed by atoms with Gasteiger partial charge in [0.2, 0.25) is 0 Å². The summed E-state index contributed by atoms with van der Waals surface area (Å²) in [5.41, 5.74) is 1.03. The van der Waals surface area contributed by atoms with E-state index in [-0.39, 0.29) is 5.91 Å². The number of fused-ring (bicyclic) bond motifs is 1. The first-order valence-corrected chi connectivity index (χ1v) is 10.5. The smallest absolute Gasteiger partial charge is 0.266 e. The molecular formula is C21H22N2O2S2. The number of rotatable bonds is 5. The van der Waals surface area contributed by atoms with Crippen LogP contribution in [0.2, 0.25) is 0 Å². The maximum Gasteiger partial charge on any atom is 0.266 e. The second-order valence-electron chi connectivity index (χ2n) is 6.75. The van der Waals surface area contributed by atoms with Crippen LogP contribution in [-0.2, 0) is 9.53 Å². The molecule has 2 aromatic carbocycles. The van der Waals surface area contributed by atoms with E-state index < -0.39 is 0 Å². The number of benzene rings is 2. The molecule has 0 spiro atoms. The lowest BCUT2D eigenvalue weighted by Crippen LogP contribution is -2.38. The van der Waals surface area contributed by atoms with Gasteiger partial charge in [0, 0.05) is 26.2 Å². The zero-order valence-corrected chi connectivity index (χ0v) is 16.7. The molecule has 0 bridgehead atoms. The van der Waals surface area contributed by atoms with Crippen molar-refractivity contribution in [1.82, 2.24) is 9.80 Å². The minimum atomic E-state index is 0.0279. The van der Waals surface area contributed by atoms with Crippen molar-refractivity contribution in [3.05, 3.63) is 52.9 Å². The molecule has 2 saturated heterocycles. The monoisotopic (exact) mass is 398 g/mol. The Morgan fingerprint density at radius 3 is 2.67 bits per heavy atom. The Morgan fingerprint density at radius 2 is 1.85 bits per heavy atom. The summed E-state index contributed by atoms with van der Waals surface area (Å²) in [5.74, 6) is 0.0279. The van der Waals surface area contributed by atoms with Crippen molar-refractivity contribution < 1.29 is 9.53 Å². The van der Waals surface area contributed by atoms with Crippen molar-refractivity contribution in [2.24, 2.45) is 0 Å². The lowest BCUT2D eigenvalue weighted by atomic mass is 10.1. The van der Waals surface area contributed by atoms with E-state index in [1.165, 1.54) is 22.5 Å². The highest BCUT2D eigenvalue weighted by Gasteiger charge is 2.31. The van der Waals surface area contributed by atoms with Gasteiger partial charge in [-0.2, -0.15) is 0 Å². The molecule has 0 aromatic heterocycles. The first-order chi connectivity index (χ1) is 13.2. The van der Waals surface area contributed by atoms with Gasteiger partial charge in [-0.3, -0.25) is 14.6 Å². The van der Waals surface area contributed by atoms with E-state index in [4.69, 9.17) is 17.0 Å². The number of morpholine rings is 1. The standard InChI is InChI=1S/C21H22N2O2S2/c24-20-19(15-16-6-7-17-4-1-2-5-18(17)14-16)27-21(26)23(20)9-3-8-22-10-12-25-13-11-22/h1-2,4-7,14-15H,3,8-13H2/b19-15+. The third-order valence-corrected chi connectivity index (χ3v) is 6.28. The highest BCUT2D eigenvalue weighted by atomic mass is 32.2. The molecule has 2 aromatic rings. The molecular weight excluding hydrogens is 376 g/mol. The molecule has 0 radical (unpaired) electrons. The fourth-order valence-electron chi connectivity index (χ4n) is 3.42. The highest BCUT2D eigenvalue weighted by Crippen LogP contribution is 2.33. The molecule has 4 nitrogen and oxygen atoms in total. The van der Waals surface area contributed by atoms with Gasteiger partial charge < -0.3 is 4.74 Å². The average molecular weight is 399 g/mol. The van der Waals surface area contributed by atoms with Crippen LogP contribution in [0.3, 0.4) is 0 Å².